The van der Waals surface area contributed by atoms with E-state index in [4.69, 9.17) is 0 Å². The largest absolute Gasteiger partial charge is 0.334 e. The van der Waals surface area contributed by atoms with Gasteiger partial charge in [-0.3, -0.25) is 4.79 Å². The summed E-state index contributed by atoms with van der Waals surface area (Å²) in [5.41, 5.74) is 2.82. The van der Waals surface area contributed by atoms with Crippen LogP contribution < -0.4 is 0 Å². The molecular formula is C20H23N3O3S2. The van der Waals surface area contributed by atoms with E-state index in [0.717, 1.165) is 27.2 Å². The summed E-state index contributed by atoms with van der Waals surface area (Å²) in [6.45, 7) is 6.36. The number of carbonyl (C=O) groups is 1. The second-order valence-electron chi connectivity index (χ2n) is 7.28. The van der Waals surface area contributed by atoms with Crippen molar-refractivity contribution in [1.82, 2.24) is 14.5 Å². The molecule has 148 valence electrons. The number of fused-ring (bicyclic) bond motifs is 1. The summed E-state index contributed by atoms with van der Waals surface area (Å²) in [6.07, 6.45) is 4.35. The van der Waals surface area contributed by atoms with Crippen molar-refractivity contribution < 1.29 is 13.2 Å². The summed E-state index contributed by atoms with van der Waals surface area (Å²) in [6, 6.07) is 5.62. The van der Waals surface area contributed by atoms with E-state index >= 15 is 0 Å². The Balaban J connectivity index is 1.87. The molecule has 1 fully saturated rings. The van der Waals surface area contributed by atoms with Crippen LogP contribution in [-0.4, -0.2) is 52.9 Å². The van der Waals surface area contributed by atoms with Gasteiger partial charge in [-0.1, -0.05) is 0 Å². The summed E-state index contributed by atoms with van der Waals surface area (Å²) < 4.78 is 25.8. The molecule has 0 N–H and O–H groups in total. The fraction of sp³-hybridized carbons (Fsp3) is 0.400. The monoisotopic (exact) mass is 417 g/mol. The van der Waals surface area contributed by atoms with Gasteiger partial charge < -0.3 is 9.47 Å². The molecule has 3 aromatic rings. The quantitative estimate of drug-likeness (QED) is 0.653. The van der Waals surface area contributed by atoms with Gasteiger partial charge in [0.05, 0.1) is 17.2 Å². The third-order valence-corrected chi connectivity index (χ3v) is 8.08. The Morgan fingerprint density at radius 1 is 1.32 bits per heavy atom. The van der Waals surface area contributed by atoms with Crippen LogP contribution in [0.25, 0.3) is 15.9 Å². The van der Waals surface area contributed by atoms with Crippen LogP contribution in [0.15, 0.2) is 30.6 Å². The van der Waals surface area contributed by atoms with Crippen LogP contribution in [0.5, 0.6) is 0 Å². The van der Waals surface area contributed by atoms with Gasteiger partial charge in [0.25, 0.3) is 5.91 Å². The van der Waals surface area contributed by atoms with Crippen molar-refractivity contribution in [2.45, 2.75) is 33.2 Å². The lowest BCUT2D eigenvalue weighted by Gasteiger charge is -2.26. The van der Waals surface area contributed by atoms with Crippen LogP contribution in [0.3, 0.4) is 0 Å². The number of nitrogens with zero attached hydrogens (tertiary/aromatic N) is 3. The SMILES string of the molecule is CCN(C(=O)c1sc2nc(C)cc(C)c2c1-n1cccc1)C1CCS(=O)(=O)C1. The lowest BCUT2D eigenvalue weighted by Crippen LogP contribution is -2.41. The molecule has 8 heteroatoms. The Bertz CT molecular complexity index is 1150. The fourth-order valence-electron chi connectivity index (χ4n) is 4.02. The number of aromatic nitrogens is 2. The Hall–Kier alpha value is -2.19. The van der Waals surface area contributed by atoms with Crippen molar-refractivity contribution in [3.8, 4) is 5.69 Å². The van der Waals surface area contributed by atoms with E-state index in [-0.39, 0.29) is 23.5 Å². The molecule has 1 aliphatic rings. The summed E-state index contributed by atoms with van der Waals surface area (Å²) in [7, 11) is -3.06. The first kappa shape index (κ1) is 19.1. The average molecular weight is 418 g/mol. The minimum Gasteiger partial charge on any atom is -0.334 e. The van der Waals surface area contributed by atoms with E-state index in [1.54, 1.807) is 4.90 Å². The zero-order chi connectivity index (χ0) is 20.1. The van der Waals surface area contributed by atoms with Crippen LogP contribution in [0.2, 0.25) is 0 Å². The van der Waals surface area contributed by atoms with Crippen LogP contribution in [0, 0.1) is 13.8 Å². The zero-order valence-corrected chi connectivity index (χ0v) is 17.8. The Kier molecular flexibility index (Phi) is 4.79. The van der Waals surface area contributed by atoms with Crippen molar-refractivity contribution in [2.24, 2.45) is 0 Å². The molecule has 1 saturated heterocycles. The molecule has 28 heavy (non-hydrogen) atoms. The van der Waals surface area contributed by atoms with Gasteiger partial charge in [-0.2, -0.15) is 0 Å². The molecular weight excluding hydrogens is 394 g/mol. The predicted molar refractivity (Wildman–Crippen MR) is 112 cm³/mol. The number of hydrogen-bond donors (Lipinski definition) is 0. The standard InChI is InChI=1S/C20H23N3O3S2/c1-4-23(15-7-10-28(25,26)12-15)20(24)18-17(22-8-5-6-9-22)16-13(2)11-14(3)21-19(16)27-18/h5-6,8-9,11,15H,4,7,10,12H2,1-3H3. The first-order chi connectivity index (χ1) is 13.3. The highest BCUT2D eigenvalue weighted by atomic mass is 32.2. The van der Waals surface area contributed by atoms with E-state index in [2.05, 4.69) is 4.98 Å². The van der Waals surface area contributed by atoms with E-state index < -0.39 is 9.84 Å². The molecule has 0 aliphatic carbocycles. The first-order valence-corrected chi connectivity index (χ1v) is 12.0. The number of carbonyl (C=O) groups excluding carboxylic acids is 1. The summed E-state index contributed by atoms with van der Waals surface area (Å²) in [4.78, 5) is 21.4. The highest BCUT2D eigenvalue weighted by molar-refractivity contribution is 7.91. The normalized spacial score (nSPS) is 18.6. The topological polar surface area (TPSA) is 72.3 Å². The maximum Gasteiger partial charge on any atom is 0.266 e. The highest BCUT2D eigenvalue weighted by Gasteiger charge is 2.36. The number of amides is 1. The minimum atomic E-state index is -3.06. The molecule has 0 spiro atoms. The van der Waals surface area contributed by atoms with Crippen LogP contribution in [0.4, 0.5) is 0 Å². The smallest absolute Gasteiger partial charge is 0.266 e. The molecule has 0 saturated carbocycles. The number of hydrogen-bond acceptors (Lipinski definition) is 5. The molecule has 1 aliphatic heterocycles. The summed E-state index contributed by atoms with van der Waals surface area (Å²) in [5.74, 6) is 0.0820. The number of thiophene rings is 1. The average Bonchev–Trinajstić information content (AvgIpc) is 3.33. The Labute approximate surface area is 168 Å². The lowest BCUT2D eigenvalue weighted by atomic mass is 10.1. The van der Waals surface area contributed by atoms with Crippen LogP contribution in [0.1, 0.15) is 34.3 Å². The molecule has 4 rings (SSSR count). The van der Waals surface area contributed by atoms with Gasteiger partial charge in [-0.05, 0) is 51.0 Å². The summed E-state index contributed by atoms with van der Waals surface area (Å²) >= 11 is 1.39. The van der Waals surface area contributed by atoms with Crippen molar-refractivity contribution in [3.63, 3.8) is 0 Å². The molecule has 1 unspecified atom stereocenters. The maximum atomic E-state index is 13.6. The van der Waals surface area contributed by atoms with Crippen molar-refractivity contribution in [1.29, 1.82) is 0 Å². The van der Waals surface area contributed by atoms with Gasteiger partial charge in [0, 0.05) is 36.1 Å². The second kappa shape index (κ2) is 7.00. The maximum absolute atomic E-state index is 13.6. The molecule has 6 nitrogen and oxygen atoms in total. The summed E-state index contributed by atoms with van der Waals surface area (Å²) in [5, 5.41) is 0.977. The zero-order valence-electron chi connectivity index (χ0n) is 16.2. The van der Waals surface area contributed by atoms with Gasteiger partial charge in [0.1, 0.15) is 9.71 Å². The molecule has 3 aromatic heterocycles. The van der Waals surface area contributed by atoms with E-state index in [0.29, 0.717) is 17.8 Å². The Morgan fingerprint density at radius 3 is 2.64 bits per heavy atom. The fourth-order valence-corrected chi connectivity index (χ4v) is 7.00. The van der Waals surface area contributed by atoms with E-state index in [1.165, 1.54) is 11.3 Å². The van der Waals surface area contributed by atoms with Crippen LogP contribution >= 0.6 is 11.3 Å². The molecule has 4 heterocycles. The number of sulfone groups is 1. The molecule has 0 radical (unpaired) electrons. The van der Waals surface area contributed by atoms with Gasteiger partial charge in [-0.25, -0.2) is 13.4 Å². The van der Waals surface area contributed by atoms with Crippen LogP contribution in [-0.2, 0) is 9.84 Å². The Morgan fingerprint density at radius 2 is 2.04 bits per heavy atom. The van der Waals surface area contributed by atoms with E-state index in [9.17, 15) is 13.2 Å². The highest BCUT2D eigenvalue weighted by Crippen LogP contribution is 2.37. The number of rotatable bonds is 4. The first-order valence-electron chi connectivity index (χ1n) is 9.36. The van der Waals surface area contributed by atoms with Gasteiger partial charge in [0.2, 0.25) is 0 Å². The molecule has 1 atom stereocenters. The molecule has 0 aromatic carbocycles. The van der Waals surface area contributed by atoms with Gasteiger partial charge in [-0.15, -0.1) is 11.3 Å². The number of aryl methyl sites for hydroxylation is 2. The van der Waals surface area contributed by atoms with Gasteiger partial charge >= 0.3 is 0 Å². The number of pyridine rings is 1. The van der Waals surface area contributed by atoms with Crippen molar-refractivity contribution in [3.05, 3.63) is 46.7 Å². The van der Waals surface area contributed by atoms with Crippen molar-refractivity contribution in [2.75, 3.05) is 18.1 Å². The minimum absolute atomic E-state index is 0.0483. The second-order valence-corrected chi connectivity index (χ2v) is 10.5. The third kappa shape index (κ3) is 3.24. The molecule has 1 amide bonds. The van der Waals surface area contributed by atoms with E-state index in [1.807, 2.05) is 55.9 Å². The lowest BCUT2D eigenvalue weighted by molar-refractivity contribution is 0.0713. The third-order valence-electron chi connectivity index (χ3n) is 5.27. The van der Waals surface area contributed by atoms with Gasteiger partial charge in [0.15, 0.2) is 9.84 Å². The predicted octanol–water partition coefficient (Wildman–Crippen LogP) is 3.35. The van der Waals surface area contributed by atoms with Crippen molar-refractivity contribution >= 4 is 37.3 Å². The molecule has 0 bridgehead atoms.